The lowest BCUT2D eigenvalue weighted by atomic mass is 10.0. The molecule has 0 aromatic carbocycles. The highest BCUT2D eigenvalue weighted by Crippen LogP contribution is 2.13. The lowest BCUT2D eigenvalue weighted by Gasteiger charge is -2.39. The third kappa shape index (κ3) is 5.65. The fraction of sp³-hybridized carbons (Fsp3) is 1.00. The van der Waals surface area contributed by atoms with E-state index in [1.54, 1.807) is 0 Å². The molecule has 18 heavy (non-hydrogen) atoms. The first-order valence-corrected chi connectivity index (χ1v) is 7.34. The molecule has 0 bridgehead atoms. The van der Waals surface area contributed by atoms with Crippen molar-refractivity contribution in [2.75, 3.05) is 59.9 Å². The van der Waals surface area contributed by atoms with Gasteiger partial charge in [0.1, 0.15) is 0 Å². The number of piperazine rings is 1. The Labute approximate surface area is 113 Å². The molecule has 1 aliphatic heterocycles. The molecule has 1 heterocycles. The minimum Gasteiger partial charge on any atom is -0.329 e. The maximum absolute atomic E-state index is 5.92. The van der Waals surface area contributed by atoms with E-state index in [4.69, 9.17) is 5.73 Å². The number of nitrogens with zero attached hydrogens (tertiary/aromatic N) is 3. The summed E-state index contributed by atoms with van der Waals surface area (Å²) in [4.78, 5) is 7.42. The van der Waals surface area contributed by atoms with Gasteiger partial charge in [-0.25, -0.2) is 0 Å². The van der Waals surface area contributed by atoms with Crippen LogP contribution < -0.4 is 5.73 Å². The third-order valence-corrected chi connectivity index (χ3v) is 3.80. The molecule has 1 saturated heterocycles. The standard InChI is InChI=1S/C14H32N4/c1-13(2)11-14(12-15)18-9-7-17(8-10-18)6-5-16(3)4/h13-14H,5-12,15H2,1-4H3. The molecule has 4 heteroatoms. The molecule has 1 rings (SSSR count). The third-order valence-electron chi connectivity index (χ3n) is 3.80. The molecule has 1 unspecified atom stereocenters. The van der Waals surface area contributed by atoms with E-state index in [2.05, 4.69) is 42.6 Å². The first-order chi connectivity index (χ1) is 8.52. The van der Waals surface area contributed by atoms with Crippen LogP contribution in [0.1, 0.15) is 20.3 Å². The monoisotopic (exact) mass is 256 g/mol. The van der Waals surface area contributed by atoms with Crippen LogP contribution in [0.15, 0.2) is 0 Å². The summed E-state index contributed by atoms with van der Waals surface area (Å²) in [5, 5.41) is 0. The Hall–Kier alpha value is -0.160. The Bertz CT molecular complexity index is 210. The van der Waals surface area contributed by atoms with Crippen LogP contribution in [-0.2, 0) is 0 Å². The lowest BCUT2D eigenvalue weighted by Crippen LogP contribution is -2.53. The summed E-state index contributed by atoms with van der Waals surface area (Å²) >= 11 is 0. The predicted octanol–water partition coefficient (Wildman–Crippen LogP) is 0.539. The second-order valence-electron chi connectivity index (χ2n) is 6.20. The molecule has 1 aliphatic rings. The van der Waals surface area contributed by atoms with E-state index in [0.717, 1.165) is 19.0 Å². The van der Waals surface area contributed by atoms with Crippen molar-refractivity contribution in [1.82, 2.24) is 14.7 Å². The average molecular weight is 256 g/mol. The van der Waals surface area contributed by atoms with E-state index in [9.17, 15) is 0 Å². The number of hydrogen-bond donors (Lipinski definition) is 1. The summed E-state index contributed by atoms with van der Waals surface area (Å²) in [6.07, 6.45) is 1.23. The van der Waals surface area contributed by atoms with Gasteiger partial charge in [0.05, 0.1) is 0 Å². The van der Waals surface area contributed by atoms with E-state index in [1.165, 1.54) is 39.1 Å². The van der Waals surface area contributed by atoms with Crippen molar-refractivity contribution in [3.63, 3.8) is 0 Å². The number of likely N-dealkylation sites (N-methyl/N-ethyl adjacent to an activating group) is 1. The van der Waals surface area contributed by atoms with Gasteiger partial charge in [-0.3, -0.25) is 9.80 Å². The summed E-state index contributed by atoms with van der Waals surface area (Å²) in [7, 11) is 4.28. The fourth-order valence-corrected chi connectivity index (χ4v) is 2.63. The molecule has 1 fully saturated rings. The van der Waals surface area contributed by atoms with Crippen LogP contribution in [0.4, 0.5) is 0 Å². The van der Waals surface area contributed by atoms with Crippen molar-refractivity contribution in [2.24, 2.45) is 11.7 Å². The molecule has 2 N–H and O–H groups in total. The van der Waals surface area contributed by atoms with Gasteiger partial charge in [0.15, 0.2) is 0 Å². The largest absolute Gasteiger partial charge is 0.329 e. The van der Waals surface area contributed by atoms with Crippen LogP contribution in [0.3, 0.4) is 0 Å². The fourth-order valence-electron chi connectivity index (χ4n) is 2.63. The molecule has 0 radical (unpaired) electrons. The van der Waals surface area contributed by atoms with Gasteiger partial charge in [-0.1, -0.05) is 13.8 Å². The SMILES string of the molecule is CC(C)CC(CN)N1CCN(CCN(C)C)CC1. The van der Waals surface area contributed by atoms with Crippen LogP contribution in [0.2, 0.25) is 0 Å². The van der Waals surface area contributed by atoms with Crippen molar-refractivity contribution in [3.05, 3.63) is 0 Å². The second-order valence-corrected chi connectivity index (χ2v) is 6.20. The summed E-state index contributed by atoms with van der Waals surface area (Å²) in [5.74, 6) is 0.741. The Morgan fingerprint density at radius 1 is 1.11 bits per heavy atom. The first kappa shape index (κ1) is 15.9. The van der Waals surface area contributed by atoms with Crippen LogP contribution in [-0.4, -0.2) is 80.7 Å². The van der Waals surface area contributed by atoms with E-state index in [1.807, 2.05) is 0 Å². The highest BCUT2D eigenvalue weighted by Gasteiger charge is 2.23. The van der Waals surface area contributed by atoms with Gasteiger partial charge >= 0.3 is 0 Å². The number of hydrogen-bond acceptors (Lipinski definition) is 4. The molecule has 108 valence electrons. The first-order valence-electron chi connectivity index (χ1n) is 7.34. The zero-order valence-corrected chi connectivity index (χ0v) is 12.7. The van der Waals surface area contributed by atoms with Gasteiger partial charge in [0, 0.05) is 51.9 Å². The van der Waals surface area contributed by atoms with Gasteiger partial charge in [0.25, 0.3) is 0 Å². The summed E-state index contributed by atoms with van der Waals surface area (Å²) in [6.45, 7) is 12.5. The Morgan fingerprint density at radius 3 is 2.17 bits per heavy atom. The van der Waals surface area contributed by atoms with E-state index >= 15 is 0 Å². The van der Waals surface area contributed by atoms with Crippen LogP contribution >= 0.6 is 0 Å². The van der Waals surface area contributed by atoms with Crippen molar-refractivity contribution in [3.8, 4) is 0 Å². The average Bonchev–Trinajstić information content (AvgIpc) is 2.34. The molecule has 0 spiro atoms. The maximum atomic E-state index is 5.92. The van der Waals surface area contributed by atoms with Crippen molar-refractivity contribution in [1.29, 1.82) is 0 Å². The molecular formula is C14H32N4. The number of nitrogens with two attached hydrogens (primary N) is 1. The summed E-state index contributed by atoms with van der Waals surface area (Å²) < 4.78 is 0. The zero-order valence-electron chi connectivity index (χ0n) is 12.7. The van der Waals surface area contributed by atoms with E-state index < -0.39 is 0 Å². The summed E-state index contributed by atoms with van der Waals surface area (Å²) in [5.41, 5.74) is 5.92. The smallest absolute Gasteiger partial charge is 0.0221 e. The highest BCUT2D eigenvalue weighted by molar-refractivity contribution is 4.80. The van der Waals surface area contributed by atoms with Gasteiger partial charge in [-0.05, 0) is 26.4 Å². The molecule has 4 nitrogen and oxygen atoms in total. The molecule has 0 aromatic rings. The van der Waals surface area contributed by atoms with E-state index in [0.29, 0.717) is 6.04 Å². The second kappa shape index (κ2) is 8.10. The van der Waals surface area contributed by atoms with Crippen LogP contribution in [0.5, 0.6) is 0 Å². The van der Waals surface area contributed by atoms with Gasteiger partial charge in [-0.15, -0.1) is 0 Å². The molecule has 0 aliphatic carbocycles. The minimum absolute atomic E-state index is 0.584. The van der Waals surface area contributed by atoms with E-state index in [-0.39, 0.29) is 0 Å². The molecule has 0 amide bonds. The highest BCUT2D eigenvalue weighted by atomic mass is 15.3. The molecular weight excluding hydrogens is 224 g/mol. The minimum atomic E-state index is 0.584. The normalized spacial score (nSPS) is 20.8. The quantitative estimate of drug-likeness (QED) is 0.721. The predicted molar refractivity (Wildman–Crippen MR) is 78.9 cm³/mol. The Morgan fingerprint density at radius 2 is 1.72 bits per heavy atom. The summed E-state index contributed by atoms with van der Waals surface area (Å²) in [6, 6.07) is 0.584. The molecule has 1 atom stereocenters. The molecule has 0 aromatic heterocycles. The van der Waals surface area contributed by atoms with Gasteiger partial charge < -0.3 is 10.6 Å². The van der Waals surface area contributed by atoms with Crippen molar-refractivity contribution < 1.29 is 0 Å². The Balaban J connectivity index is 2.28. The van der Waals surface area contributed by atoms with Crippen molar-refractivity contribution >= 4 is 0 Å². The van der Waals surface area contributed by atoms with Crippen molar-refractivity contribution in [2.45, 2.75) is 26.3 Å². The van der Waals surface area contributed by atoms with Gasteiger partial charge in [0.2, 0.25) is 0 Å². The van der Waals surface area contributed by atoms with Crippen LogP contribution in [0, 0.1) is 5.92 Å². The maximum Gasteiger partial charge on any atom is 0.0221 e. The topological polar surface area (TPSA) is 35.7 Å². The lowest BCUT2D eigenvalue weighted by molar-refractivity contribution is 0.0859. The van der Waals surface area contributed by atoms with Crippen LogP contribution in [0.25, 0.3) is 0 Å². The number of rotatable bonds is 7. The Kier molecular flexibility index (Phi) is 7.15. The molecule has 0 saturated carbocycles. The van der Waals surface area contributed by atoms with Gasteiger partial charge in [-0.2, -0.15) is 0 Å². The zero-order chi connectivity index (χ0) is 13.5.